The number of aliphatic hydroxyl groups excluding tert-OH is 1. The number of carbonyl (C=O) groups excluding carboxylic acids is 2. The molecule has 0 aromatic rings. The van der Waals surface area contributed by atoms with Crippen LogP contribution in [0.3, 0.4) is 0 Å². The lowest BCUT2D eigenvalue weighted by molar-refractivity contribution is -0.151. The van der Waals surface area contributed by atoms with Gasteiger partial charge in [0.15, 0.2) is 5.78 Å². The number of carbonyl (C=O) groups is 2. The molecule has 1 atom stereocenters. The molecule has 0 amide bonds. The van der Waals surface area contributed by atoms with E-state index in [0.717, 1.165) is 51.4 Å². The van der Waals surface area contributed by atoms with Crippen LogP contribution in [0.1, 0.15) is 84.5 Å². The number of cyclic esters (lactones) is 1. The largest absolute Gasteiger partial charge is 0.511 e. The van der Waals surface area contributed by atoms with Crippen LogP contribution in [0, 0.1) is 0 Å². The summed E-state index contributed by atoms with van der Waals surface area (Å²) in [5.41, 5.74) is -0.109. The number of hydrogen-bond acceptors (Lipinski definition) is 4. The highest BCUT2D eigenvalue weighted by molar-refractivity contribution is 6.19. The maximum atomic E-state index is 12.1. The first-order chi connectivity index (χ1) is 10.6. The van der Waals surface area contributed by atoms with Crippen molar-refractivity contribution < 1.29 is 19.4 Å². The smallest absolute Gasteiger partial charge is 0.345 e. The Hall–Kier alpha value is -1.32. The molecule has 1 rings (SSSR count). The van der Waals surface area contributed by atoms with Crippen molar-refractivity contribution in [2.45, 2.75) is 90.6 Å². The molecule has 0 unspecified atom stereocenters. The van der Waals surface area contributed by atoms with Crippen LogP contribution >= 0.6 is 0 Å². The third-order valence-corrected chi connectivity index (χ3v) is 4.11. The fourth-order valence-corrected chi connectivity index (χ4v) is 2.76. The van der Waals surface area contributed by atoms with Crippen LogP contribution in [-0.4, -0.2) is 23.0 Å². The zero-order chi connectivity index (χ0) is 16.4. The second-order valence-corrected chi connectivity index (χ2v) is 6.14. The molecule has 1 saturated heterocycles. The topological polar surface area (TPSA) is 63.6 Å². The Kier molecular flexibility index (Phi) is 8.86. The zero-order valence-corrected chi connectivity index (χ0v) is 14.0. The summed E-state index contributed by atoms with van der Waals surface area (Å²) >= 11 is 0. The first-order valence-corrected chi connectivity index (χ1v) is 8.76. The summed E-state index contributed by atoms with van der Waals surface area (Å²) in [4.78, 5) is 24.1. The van der Waals surface area contributed by atoms with Crippen molar-refractivity contribution in [2.75, 3.05) is 0 Å². The van der Waals surface area contributed by atoms with E-state index in [0.29, 0.717) is 6.42 Å². The Balaban J connectivity index is 2.48. The summed E-state index contributed by atoms with van der Waals surface area (Å²) in [6, 6.07) is 0. The number of rotatable bonds is 10. The fraction of sp³-hybridized carbons (Fsp3) is 0.778. The Labute approximate surface area is 133 Å². The van der Waals surface area contributed by atoms with Crippen molar-refractivity contribution in [1.82, 2.24) is 0 Å². The minimum absolute atomic E-state index is 0.0847. The number of Topliss-reactive ketones (excluding diaryl/α,β-unsaturated/α-hetero) is 1. The Morgan fingerprint density at radius 3 is 2.32 bits per heavy atom. The molecule has 1 aliphatic rings. The molecule has 0 spiro atoms. The predicted octanol–water partition coefficient (Wildman–Crippen LogP) is 4.62. The van der Waals surface area contributed by atoms with Gasteiger partial charge >= 0.3 is 5.97 Å². The molecule has 1 fully saturated rings. The monoisotopic (exact) mass is 310 g/mol. The van der Waals surface area contributed by atoms with Crippen molar-refractivity contribution in [1.29, 1.82) is 0 Å². The van der Waals surface area contributed by atoms with Gasteiger partial charge in [-0.1, -0.05) is 52.4 Å². The molecule has 0 aliphatic carbocycles. The van der Waals surface area contributed by atoms with Crippen LogP contribution in [-0.2, 0) is 14.3 Å². The maximum Gasteiger partial charge on any atom is 0.345 e. The molecule has 126 valence electrons. The molecule has 1 aliphatic heterocycles. The van der Waals surface area contributed by atoms with E-state index in [1.165, 1.54) is 6.42 Å². The molecular weight excluding hydrogens is 280 g/mol. The summed E-state index contributed by atoms with van der Waals surface area (Å²) in [5.74, 6) is -0.980. The van der Waals surface area contributed by atoms with Crippen molar-refractivity contribution >= 4 is 11.8 Å². The molecule has 1 N–H and O–H groups in total. The maximum absolute atomic E-state index is 12.1. The summed E-state index contributed by atoms with van der Waals surface area (Å²) in [7, 11) is 0. The number of hydrogen-bond donors (Lipinski definition) is 1. The molecule has 0 saturated carbocycles. The van der Waals surface area contributed by atoms with Crippen molar-refractivity contribution in [3.05, 3.63) is 11.3 Å². The third kappa shape index (κ3) is 6.20. The van der Waals surface area contributed by atoms with Crippen LogP contribution in [0.25, 0.3) is 0 Å². The second-order valence-electron chi connectivity index (χ2n) is 6.14. The first kappa shape index (κ1) is 18.7. The van der Waals surface area contributed by atoms with E-state index in [1.54, 1.807) is 0 Å². The normalized spacial score (nSPS) is 20.9. The van der Waals surface area contributed by atoms with Crippen molar-refractivity contribution in [3.63, 3.8) is 0 Å². The lowest BCUT2D eigenvalue weighted by atomic mass is 9.96. The van der Waals surface area contributed by atoms with Gasteiger partial charge in [-0.25, -0.2) is 4.79 Å². The fourth-order valence-electron chi connectivity index (χ4n) is 2.76. The highest BCUT2D eigenvalue weighted by Gasteiger charge is 2.34. The molecule has 0 aromatic carbocycles. The predicted molar refractivity (Wildman–Crippen MR) is 86.7 cm³/mol. The molecular formula is C18H30O4. The minimum atomic E-state index is -0.635. The quantitative estimate of drug-likeness (QED) is 0.210. The Morgan fingerprint density at radius 2 is 1.68 bits per heavy atom. The van der Waals surface area contributed by atoms with E-state index >= 15 is 0 Å². The van der Waals surface area contributed by atoms with Crippen molar-refractivity contribution in [3.8, 4) is 0 Å². The van der Waals surface area contributed by atoms with Gasteiger partial charge in [0, 0.05) is 12.8 Å². The van der Waals surface area contributed by atoms with Gasteiger partial charge in [-0.2, -0.15) is 0 Å². The van der Waals surface area contributed by atoms with E-state index in [2.05, 4.69) is 13.8 Å². The lowest BCUT2D eigenvalue weighted by Crippen LogP contribution is -2.33. The molecule has 4 nitrogen and oxygen atoms in total. The molecule has 0 bridgehead atoms. The summed E-state index contributed by atoms with van der Waals surface area (Å²) in [5, 5.41) is 10.0. The molecule has 0 radical (unpaired) electrons. The van der Waals surface area contributed by atoms with Crippen LogP contribution in [0.4, 0.5) is 0 Å². The molecule has 1 heterocycles. The van der Waals surface area contributed by atoms with Gasteiger partial charge in [0.25, 0.3) is 0 Å². The lowest BCUT2D eigenvalue weighted by Gasteiger charge is -2.23. The van der Waals surface area contributed by atoms with Gasteiger partial charge in [-0.3, -0.25) is 4.79 Å². The highest BCUT2D eigenvalue weighted by Crippen LogP contribution is 2.24. The van der Waals surface area contributed by atoms with Crippen LogP contribution in [0.5, 0.6) is 0 Å². The van der Waals surface area contributed by atoms with E-state index in [4.69, 9.17) is 4.74 Å². The first-order valence-electron chi connectivity index (χ1n) is 8.76. The number of aliphatic hydroxyl groups is 1. The standard InChI is InChI=1S/C18H30O4/c1-3-5-7-8-10-12-15(19)17-16(20)13-14(22-18(17)21)11-9-6-4-2/h14,19H,3-13H2,1-2H3/t14-/m1/s1. The van der Waals surface area contributed by atoms with E-state index < -0.39 is 5.97 Å². The van der Waals surface area contributed by atoms with Crippen LogP contribution in [0.15, 0.2) is 11.3 Å². The van der Waals surface area contributed by atoms with E-state index in [1.807, 2.05) is 0 Å². The summed E-state index contributed by atoms with van der Waals surface area (Å²) in [6.45, 7) is 4.25. The number of ketones is 1. The second kappa shape index (κ2) is 10.4. The van der Waals surface area contributed by atoms with Gasteiger partial charge in [-0.05, 0) is 19.3 Å². The highest BCUT2D eigenvalue weighted by atomic mass is 16.5. The average Bonchev–Trinajstić information content (AvgIpc) is 2.46. The summed E-state index contributed by atoms with van der Waals surface area (Å²) < 4.78 is 5.30. The van der Waals surface area contributed by atoms with Gasteiger partial charge < -0.3 is 9.84 Å². The van der Waals surface area contributed by atoms with Gasteiger partial charge in [0.05, 0.1) is 0 Å². The van der Waals surface area contributed by atoms with Crippen LogP contribution < -0.4 is 0 Å². The van der Waals surface area contributed by atoms with Crippen LogP contribution in [0.2, 0.25) is 0 Å². The Morgan fingerprint density at radius 1 is 1.05 bits per heavy atom. The molecule has 0 aromatic heterocycles. The van der Waals surface area contributed by atoms with E-state index in [-0.39, 0.29) is 29.6 Å². The van der Waals surface area contributed by atoms with Gasteiger partial charge in [0.1, 0.15) is 17.4 Å². The number of ether oxygens (including phenoxy) is 1. The number of esters is 1. The number of unbranched alkanes of at least 4 members (excludes halogenated alkanes) is 6. The third-order valence-electron chi connectivity index (χ3n) is 4.11. The minimum Gasteiger partial charge on any atom is -0.511 e. The SMILES string of the molecule is CCCCCCCC(O)=C1C(=O)C[C@@H](CCCCC)OC1=O. The van der Waals surface area contributed by atoms with Crippen molar-refractivity contribution in [2.24, 2.45) is 0 Å². The van der Waals surface area contributed by atoms with E-state index in [9.17, 15) is 14.7 Å². The molecule has 4 heteroatoms. The zero-order valence-electron chi connectivity index (χ0n) is 14.0. The van der Waals surface area contributed by atoms with Gasteiger partial charge in [0.2, 0.25) is 0 Å². The summed E-state index contributed by atoms with van der Waals surface area (Å²) in [6.07, 6.45) is 9.43. The average molecular weight is 310 g/mol. The Bertz CT molecular complexity index is 378. The number of allylic oxidation sites excluding steroid dienone is 1. The molecule has 22 heavy (non-hydrogen) atoms. The van der Waals surface area contributed by atoms with Gasteiger partial charge in [-0.15, -0.1) is 0 Å².